The highest BCUT2D eigenvalue weighted by Gasteiger charge is 2.90. The van der Waals surface area contributed by atoms with Gasteiger partial charge < -0.3 is 9.16 Å². The molecule has 0 aromatic heterocycles. The smallest absolute Gasteiger partial charge is 0.247 e. The van der Waals surface area contributed by atoms with Crippen LogP contribution in [-0.2, 0) is 9.16 Å². The molecule has 0 spiro atoms. The van der Waals surface area contributed by atoms with Crippen LogP contribution in [0.25, 0.3) is 0 Å². The second-order valence-electron chi connectivity index (χ2n) is 5.69. The van der Waals surface area contributed by atoms with E-state index in [9.17, 15) is 4.39 Å². The average Bonchev–Trinajstić information content (AvgIpc) is 2.41. The summed E-state index contributed by atoms with van der Waals surface area (Å²) in [5, 5.41) is -1.85. The number of ether oxygens (including phenoxy) is 1. The van der Waals surface area contributed by atoms with Crippen LogP contribution in [-0.4, -0.2) is 25.8 Å². The van der Waals surface area contributed by atoms with E-state index in [0.717, 1.165) is 12.8 Å². The second kappa shape index (κ2) is 2.97. The van der Waals surface area contributed by atoms with Crippen LogP contribution >= 0.6 is 11.6 Å². The minimum atomic E-state index is -1.86. The molecule has 3 unspecified atom stereocenters. The Kier molecular flexibility index (Phi) is 2.34. The van der Waals surface area contributed by atoms with Gasteiger partial charge in [-0.05, 0) is 39.4 Å². The van der Waals surface area contributed by atoms with E-state index < -0.39 is 24.6 Å². The molecule has 5 heteroatoms. The van der Waals surface area contributed by atoms with Gasteiger partial charge in [0.1, 0.15) is 0 Å². The monoisotopic (exact) mass is 252 g/mol. The molecule has 2 aliphatic rings. The maximum Gasteiger partial charge on any atom is 0.247 e. The van der Waals surface area contributed by atoms with Crippen molar-refractivity contribution in [1.82, 2.24) is 0 Å². The van der Waals surface area contributed by atoms with Crippen molar-refractivity contribution in [3.05, 3.63) is 0 Å². The van der Waals surface area contributed by atoms with Crippen molar-refractivity contribution in [3.8, 4) is 0 Å². The third-order valence-electron chi connectivity index (χ3n) is 3.35. The molecule has 0 aromatic carbocycles. The third-order valence-corrected chi connectivity index (χ3v) is 4.91. The first-order valence-corrected chi connectivity index (χ1v) is 9.17. The van der Waals surface area contributed by atoms with Gasteiger partial charge in [0.15, 0.2) is 8.32 Å². The zero-order valence-corrected chi connectivity index (χ0v) is 11.4. The van der Waals surface area contributed by atoms with Gasteiger partial charge in [-0.15, -0.1) is 0 Å². The average molecular weight is 253 g/mol. The van der Waals surface area contributed by atoms with Crippen LogP contribution in [0.2, 0.25) is 19.6 Å². The molecule has 15 heavy (non-hydrogen) atoms. The lowest BCUT2D eigenvalue weighted by Crippen LogP contribution is -2.42. The molecule has 2 nitrogen and oxygen atoms in total. The summed E-state index contributed by atoms with van der Waals surface area (Å²) in [6.07, 6.45) is 1.59. The van der Waals surface area contributed by atoms with Crippen LogP contribution in [0.4, 0.5) is 4.39 Å². The van der Waals surface area contributed by atoms with E-state index in [4.69, 9.17) is 20.8 Å². The van der Waals surface area contributed by atoms with Crippen molar-refractivity contribution >= 4 is 19.9 Å². The maximum atomic E-state index is 14.3. The first-order chi connectivity index (χ1) is 6.66. The van der Waals surface area contributed by atoms with E-state index in [1.54, 1.807) is 0 Å². The lowest BCUT2D eigenvalue weighted by atomic mass is 10.00. The lowest BCUT2D eigenvalue weighted by Gasteiger charge is -2.32. The maximum absolute atomic E-state index is 14.3. The van der Waals surface area contributed by atoms with Crippen LogP contribution in [0.1, 0.15) is 19.8 Å². The molecule has 3 atom stereocenters. The predicted molar refractivity (Wildman–Crippen MR) is 60.1 cm³/mol. The lowest BCUT2D eigenvalue weighted by molar-refractivity contribution is -0.166. The topological polar surface area (TPSA) is 18.5 Å². The second-order valence-corrected chi connectivity index (χ2v) is 10.6. The Hall–Kier alpha value is 0.357. The first-order valence-electron chi connectivity index (χ1n) is 5.38. The van der Waals surface area contributed by atoms with E-state index in [1.807, 2.05) is 26.6 Å². The van der Waals surface area contributed by atoms with E-state index >= 15 is 0 Å². The van der Waals surface area contributed by atoms with Crippen molar-refractivity contribution in [1.29, 1.82) is 0 Å². The van der Waals surface area contributed by atoms with E-state index in [0.29, 0.717) is 6.61 Å². The summed E-state index contributed by atoms with van der Waals surface area (Å²) in [6, 6.07) is 0. The first kappa shape index (κ1) is 11.8. The van der Waals surface area contributed by atoms with Gasteiger partial charge in [-0.3, -0.25) is 0 Å². The van der Waals surface area contributed by atoms with Crippen LogP contribution in [0, 0.1) is 5.41 Å². The highest BCUT2D eigenvalue weighted by atomic mass is 35.5. The molecule has 0 N–H and O–H groups in total. The third kappa shape index (κ3) is 1.35. The number of halogens is 2. The Bertz CT molecular complexity index is 292. The fourth-order valence-corrected chi connectivity index (χ4v) is 4.29. The van der Waals surface area contributed by atoms with E-state index in [1.165, 1.54) is 0 Å². The van der Waals surface area contributed by atoms with Gasteiger partial charge in [-0.2, -0.15) is 0 Å². The minimum Gasteiger partial charge on any atom is -0.387 e. The minimum absolute atomic E-state index is 0.540. The Labute approximate surface area is 96.2 Å². The summed E-state index contributed by atoms with van der Waals surface area (Å²) in [4.78, 5) is 0. The van der Waals surface area contributed by atoms with E-state index in [-0.39, 0.29) is 0 Å². The highest BCUT2D eigenvalue weighted by molar-refractivity contribution is 6.70. The van der Waals surface area contributed by atoms with Gasteiger partial charge in [0.2, 0.25) is 10.9 Å². The molecule has 1 saturated carbocycles. The molecule has 0 amide bonds. The number of hydrogen-bond donors (Lipinski definition) is 0. The SMILES string of the molecule is CC12CCCOC1(O[Si](C)(C)C)C2(F)Cl. The van der Waals surface area contributed by atoms with Gasteiger partial charge in [-0.1, -0.05) is 11.6 Å². The highest BCUT2D eigenvalue weighted by Crippen LogP contribution is 2.76. The standard InChI is InChI=1S/C10H18ClFO2Si/c1-8-6-5-7-13-10(8,9(8,11)12)14-15(2,3)4/h5-7H2,1-4H3. The molecule has 0 radical (unpaired) electrons. The molecular formula is C10H18ClFO2Si. The van der Waals surface area contributed by atoms with Crippen molar-refractivity contribution in [2.45, 2.75) is 50.3 Å². The molecule has 0 aromatic rings. The Morgan fingerprint density at radius 2 is 2.00 bits per heavy atom. The molecular weight excluding hydrogens is 235 g/mol. The molecule has 1 heterocycles. The van der Waals surface area contributed by atoms with Gasteiger partial charge >= 0.3 is 0 Å². The molecule has 2 fully saturated rings. The van der Waals surface area contributed by atoms with Crippen LogP contribution in [0.3, 0.4) is 0 Å². The van der Waals surface area contributed by atoms with Gasteiger partial charge in [-0.25, -0.2) is 4.39 Å². The van der Waals surface area contributed by atoms with Gasteiger partial charge in [0, 0.05) is 0 Å². The molecule has 2 rings (SSSR count). The summed E-state index contributed by atoms with van der Waals surface area (Å²) in [5.74, 6) is -1.18. The van der Waals surface area contributed by atoms with Gasteiger partial charge in [0.05, 0.1) is 12.0 Å². The van der Waals surface area contributed by atoms with Crippen molar-refractivity contribution in [2.24, 2.45) is 5.41 Å². The van der Waals surface area contributed by atoms with Crippen molar-refractivity contribution in [2.75, 3.05) is 6.61 Å². The fourth-order valence-electron chi connectivity index (χ4n) is 2.47. The normalized spacial score (nSPS) is 50.0. The molecule has 1 saturated heterocycles. The Balaban J connectivity index is 2.27. The predicted octanol–water partition coefficient (Wildman–Crippen LogP) is 3.27. The molecule has 0 bridgehead atoms. The Morgan fingerprint density at radius 1 is 1.40 bits per heavy atom. The molecule has 88 valence electrons. The molecule has 1 aliphatic heterocycles. The number of hydrogen-bond acceptors (Lipinski definition) is 2. The quantitative estimate of drug-likeness (QED) is 0.555. The fraction of sp³-hybridized carbons (Fsp3) is 1.00. The Morgan fingerprint density at radius 3 is 2.47 bits per heavy atom. The number of fused-ring (bicyclic) bond motifs is 1. The summed E-state index contributed by atoms with van der Waals surface area (Å²) < 4.78 is 25.7. The van der Waals surface area contributed by atoms with Crippen molar-refractivity contribution < 1.29 is 13.6 Å². The zero-order valence-electron chi connectivity index (χ0n) is 9.69. The zero-order chi connectivity index (χ0) is 11.5. The number of alkyl halides is 2. The summed E-state index contributed by atoms with van der Waals surface area (Å²) in [5.41, 5.74) is -0.667. The van der Waals surface area contributed by atoms with Crippen molar-refractivity contribution in [3.63, 3.8) is 0 Å². The summed E-state index contributed by atoms with van der Waals surface area (Å²) in [6.45, 7) is 8.42. The van der Waals surface area contributed by atoms with Gasteiger partial charge in [0.25, 0.3) is 0 Å². The summed E-state index contributed by atoms with van der Waals surface area (Å²) >= 11 is 5.92. The van der Waals surface area contributed by atoms with Crippen LogP contribution < -0.4 is 0 Å². The summed E-state index contributed by atoms with van der Waals surface area (Å²) in [7, 11) is -1.86. The van der Waals surface area contributed by atoms with E-state index in [2.05, 4.69) is 0 Å². The van der Waals surface area contributed by atoms with Crippen LogP contribution in [0.15, 0.2) is 0 Å². The number of rotatable bonds is 2. The molecule has 1 aliphatic carbocycles. The largest absolute Gasteiger partial charge is 0.387 e. The van der Waals surface area contributed by atoms with Crippen LogP contribution in [0.5, 0.6) is 0 Å².